The fourth-order valence-corrected chi connectivity index (χ4v) is 1.86. The fraction of sp³-hybridized carbons (Fsp3) is 0.417. The second kappa shape index (κ2) is 5.12. The number of rotatable bonds is 4. The molecule has 1 aliphatic rings. The van der Waals surface area contributed by atoms with E-state index in [1.54, 1.807) is 0 Å². The van der Waals surface area contributed by atoms with E-state index in [-0.39, 0.29) is 24.2 Å². The number of fused-ring (bicyclic) bond motifs is 1. The van der Waals surface area contributed by atoms with E-state index in [2.05, 4.69) is 0 Å². The Kier molecular flexibility index (Phi) is 3.55. The monoisotopic (exact) mass is 256 g/mol. The molecule has 6 heteroatoms. The molecule has 0 aliphatic carbocycles. The third kappa shape index (κ3) is 2.47. The molecule has 0 amide bonds. The van der Waals surface area contributed by atoms with Gasteiger partial charge in [-0.25, -0.2) is 4.39 Å². The van der Waals surface area contributed by atoms with Crippen LogP contribution < -0.4 is 9.47 Å². The predicted molar refractivity (Wildman–Crippen MR) is 59.6 cm³/mol. The lowest BCUT2D eigenvalue weighted by Gasteiger charge is -2.22. The third-order valence-corrected chi connectivity index (χ3v) is 2.67. The molecular formula is C12H13FO5. The number of carboxylic acid groups (broad SMARTS) is 1. The molecule has 5 nitrogen and oxygen atoms in total. The number of aromatic hydroxyl groups is 1. The molecule has 0 aromatic heterocycles. The van der Waals surface area contributed by atoms with Crippen molar-refractivity contribution in [1.82, 2.24) is 0 Å². The lowest BCUT2D eigenvalue weighted by molar-refractivity contribution is -0.137. The summed E-state index contributed by atoms with van der Waals surface area (Å²) in [5, 5.41) is 18.2. The van der Waals surface area contributed by atoms with Crippen molar-refractivity contribution in [3.05, 3.63) is 17.4 Å². The number of phenolic OH excluding ortho intramolecular Hbond substituents is 1. The molecule has 0 spiro atoms. The van der Waals surface area contributed by atoms with Crippen molar-refractivity contribution >= 4 is 5.97 Å². The first kappa shape index (κ1) is 12.5. The number of phenols is 1. The lowest BCUT2D eigenvalue weighted by atomic mass is 10.0. The topological polar surface area (TPSA) is 76.0 Å². The minimum atomic E-state index is -0.933. The summed E-state index contributed by atoms with van der Waals surface area (Å²) in [4.78, 5) is 10.4. The first-order valence-electron chi connectivity index (χ1n) is 5.61. The van der Waals surface area contributed by atoms with Crippen molar-refractivity contribution in [1.29, 1.82) is 0 Å². The minimum Gasteiger partial charge on any atom is -0.505 e. The maximum atomic E-state index is 13.5. The molecule has 1 aromatic rings. The van der Waals surface area contributed by atoms with Gasteiger partial charge in [0.25, 0.3) is 0 Å². The number of aliphatic carboxylic acids is 1. The van der Waals surface area contributed by atoms with E-state index in [0.29, 0.717) is 25.4 Å². The molecule has 18 heavy (non-hydrogen) atoms. The molecule has 2 N–H and O–H groups in total. The van der Waals surface area contributed by atoms with E-state index in [9.17, 15) is 14.3 Å². The zero-order valence-electron chi connectivity index (χ0n) is 9.61. The Hall–Kier alpha value is -1.98. The van der Waals surface area contributed by atoms with Crippen LogP contribution in [0.15, 0.2) is 6.07 Å². The maximum Gasteiger partial charge on any atom is 0.303 e. The molecule has 1 aliphatic heterocycles. The SMILES string of the molecule is O=C(O)CCCc1c(O)c(F)cc2c1OCCO2. The standard InChI is InChI=1S/C12H13FO5/c13-8-6-9-12(18-5-4-17-9)7(11(8)16)2-1-3-10(14)15/h6,16H,1-5H2,(H,14,15). The number of hydrogen-bond acceptors (Lipinski definition) is 4. The van der Waals surface area contributed by atoms with Crippen LogP contribution in [-0.2, 0) is 11.2 Å². The van der Waals surface area contributed by atoms with Gasteiger partial charge in [-0.2, -0.15) is 0 Å². The highest BCUT2D eigenvalue weighted by Crippen LogP contribution is 2.41. The molecule has 1 aromatic carbocycles. The molecule has 0 saturated carbocycles. The van der Waals surface area contributed by atoms with Gasteiger partial charge in [0, 0.05) is 18.1 Å². The molecule has 0 fully saturated rings. The summed E-state index contributed by atoms with van der Waals surface area (Å²) in [5.41, 5.74) is 0.269. The average Bonchev–Trinajstić information content (AvgIpc) is 2.33. The van der Waals surface area contributed by atoms with E-state index >= 15 is 0 Å². The summed E-state index contributed by atoms with van der Waals surface area (Å²) < 4.78 is 24.0. The molecule has 98 valence electrons. The number of benzene rings is 1. The molecule has 0 atom stereocenters. The van der Waals surface area contributed by atoms with Gasteiger partial charge in [0.1, 0.15) is 13.2 Å². The Morgan fingerprint density at radius 1 is 1.39 bits per heavy atom. The van der Waals surface area contributed by atoms with E-state index in [1.165, 1.54) is 0 Å². The van der Waals surface area contributed by atoms with Gasteiger partial charge < -0.3 is 19.7 Å². The zero-order chi connectivity index (χ0) is 13.1. The van der Waals surface area contributed by atoms with Crippen molar-refractivity contribution in [3.8, 4) is 17.2 Å². The minimum absolute atomic E-state index is 0.0500. The number of hydrogen-bond donors (Lipinski definition) is 2. The van der Waals surface area contributed by atoms with Crippen LogP contribution in [0.25, 0.3) is 0 Å². The van der Waals surface area contributed by atoms with Crippen molar-refractivity contribution in [2.45, 2.75) is 19.3 Å². The van der Waals surface area contributed by atoms with Crippen molar-refractivity contribution < 1.29 is 28.9 Å². The quantitative estimate of drug-likeness (QED) is 0.857. The smallest absolute Gasteiger partial charge is 0.303 e. The highest BCUT2D eigenvalue weighted by molar-refractivity contribution is 5.66. The number of halogens is 1. The Labute approximate surface area is 103 Å². The normalized spacial score (nSPS) is 13.4. The fourth-order valence-electron chi connectivity index (χ4n) is 1.86. The summed E-state index contributed by atoms with van der Waals surface area (Å²) >= 11 is 0. The summed E-state index contributed by atoms with van der Waals surface area (Å²) in [5.74, 6) is -1.65. The Morgan fingerprint density at radius 3 is 2.83 bits per heavy atom. The molecule has 0 unspecified atom stereocenters. The van der Waals surface area contributed by atoms with E-state index in [1.807, 2.05) is 0 Å². The van der Waals surface area contributed by atoms with Crippen LogP contribution in [0, 0.1) is 5.82 Å². The second-order valence-corrected chi connectivity index (χ2v) is 3.96. The van der Waals surface area contributed by atoms with E-state index < -0.39 is 17.5 Å². The lowest BCUT2D eigenvalue weighted by Crippen LogP contribution is -2.17. The first-order valence-corrected chi connectivity index (χ1v) is 5.61. The molecular weight excluding hydrogens is 243 g/mol. The van der Waals surface area contributed by atoms with Crippen LogP contribution in [0.3, 0.4) is 0 Å². The van der Waals surface area contributed by atoms with E-state index in [4.69, 9.17) is 14.6 Å². The first-order chi connectivity index (χ1) is 8.59. The van der Waals surface area contributed by atoms with Gasteiger partial charge in [-0.3, -0.25) is 4.79 Å². The highest BCUT2D eigenvalue weighted by atomic mass is 19.1. The van der Waals surface area contributed by atoms with Gasteiger partial charge in [-0.1, -0.05) is 0 Å². The van der Waals surface area contributed by atoms with Crippen LogP contribution in [0.5, 0.6) is 17.2 Å². The molecule has 1 heterocycles. The Morgan fingerprint density at radius 2 is 2.11 bits per heavy atom. The van der Waals surface area contributed by atoms with Crippen molar-refractivity contribution in [3.63, 3.8) is 0 Å². The van der Waals surface area contributed by atoms with Crippen LogP contribution >= 0.6 is 0 Å². The summed E-state index contributed by atoms with van der Waals surface area (Å²) in [6, 6.07) is 1.07. The number of carboxylic acids is 1. The summed E-state index contributed by atoms with van der Waals surface area (Å²) in [6.45, 7) is 0.649. The number of ether oxygens (including phenoxy) is 2. The van der Waals surface area contributed by atoms with Gasteiger partial charge >= 0.3 is 5.97 Å². The molecule has 0 saturated heterocycles. The highest BCUT2D eigenvalue weighted by Gasteiger charge is 2.22. The average molecular weight is 256 g/mol. The van der Waals surface area contributed by atoms with Crippen molar-refractivity contribution in [2.24, 2.45) is 0 Å². The van der Waals surface area contributed by atoms with Gasteiger partial charge in [0.2, 0.25) is 0 Å². The van der Waals surface area contributed by atoms with E-state index in [0.717, 1.165) is 6.07 Å². The Balaban J connectivity index is 2.26. The van der Waals surface area contributed by atoms with Crippen LogP contribution in [0.1, 0.15) is 18.4 Å². The number of carbonyl (C=O) groups is 1. The molecule has 0 bridgehead atoms. The second-order valence-electron chi connectivity index (χ2n) is 3.96. The summed E-state index contributed by atoms with van der Waals surface area (Å²) in [7, 11) is 0. The third-order valence-electron chi connectivity index (χ3n) is 2.67. The molecule has 2 rings (SSSR count). The van der Waals surface area contributed by atoms with Crippen LogP contribution in [0.2, 0.25) is 0 Å². The van der Waals surface area contributed by atoms with Gasteiger partial charge in [0.05, 0.1) is 0 Å². The maximum absolute atomic E-state index is 13.5. The Bertz CT molecular complexity index is 472. The summed E-state index contributed by atoms with van der Waals surface area (Å²) in [6.07, 6.45) is 0.468. The molecule has 0 radical (unpaired) electrons. The van der Waals surface area contributed by atoms with Crippen molar-refractivity contribution in [2.75, 3.05) is 13.2 Å². The van der Waals surface area contributed by atoms with Gasteiger partial charge in [0.15, 0.2) is 23.1 Å². The predicted octanol–water partition coefficient (Wildman–Crippen LogP) is 1.71. The van der Waals surface area contributed by atoms with Gasteiger partial charge in [-0.15, -0.1) is 0 Å². The zero-order valence-corrected chi connectivity index (χ0v) is 9.61. The van der Waals surface area contributed by atoms with Gasteiger partial charge in [-0.05, 0) is 12.8 Å². The van der Waals surface area contributed by atoms with Crippen LogP contribution in [-0.4, -0.2) is 29.4 Å². The van der Waals surface area contributed by atoms with Crippen LogP contribution in [0.4, 0.5) is 4.39 Å². The largest absolute Gasteiger partial charge is 0.505 e.